The Morgan fingerprint density at radius 1 is 1.06 bits per heavy atom. The van der Waals surface area contributed by atoms with Crippen molar-refractivity contribution in [2.45, 2.75) is 31.9 Å². The largest absolute Gasteiger partial charge is 0.416 e. The molecule has 1 aliphatic heterocycles. The number of imidazole rings is 1. The predicted octanol–water partition coefficient (Wildman–Crippen LogP) is 4.45. The van der Waals surface area contributed by atoms with E-state index in [0.29, 0.717) is 54.2 Å². The first-order valence-corrected chi connectivity index (χ1v) is 11.0. The second-order valence-corrected chi connectivity index (χ2v) is 8.47. The summed E-state index contributed by atoms with van der Waals surface area (Å²) in [5.41, 5.74) is 1.80. The van der Waals surface area contributed by atoms with Gasteiger partial charge in [-0.25, -0.2) is 4.98 Å². The Bertz CT molecular complexity index is 1370. The molecule has 0 atom stereocenters. The average molecular weight is 469 g/mol. The van der Waals surface area contributed by atoms with Crippen molar-refractivity contribution in [2.24, 2.45) is 0 Å². The summed E-state index contributed by atoms with van der Waals surface area (Å²) in [6.07, 6.45) is -3.28. The van der Waals surface area contributed by atoms with Gasteiger partial charge in [-0.15, -0.1) is 0 Å². The molecule has 0 spiro atoms. The van der Waals surface area contributed by atoms with E-state index in [4.69, 9.17) is 0 Å². The maximum absolute atomic E-state index is 13.6. The lowest BCUT2D eigenvalue weighted by Crippen LogP contribution is -2.37. The first-order chi connectivity index (χ1) is 16.2. The van der Waals surface area contributed by atoms with Crippen LogP contribution >= 0.6 is 0 Å². The third-order valence-corrected chi connectivity index (χ3v) is 6.36. The SMILES string of the molecule is CC(=O)N1CCC(c2c(-c3ccc(C(F)(F)F)cc3)[nH]n(-c3nc4ccccc4[nH]3)c2=O)CC1. The molecule has 2 aromatic carbocycles. The molecule has 2 N–H and O–H groups in total. The van der Waals surface area contributed by atoms with Crippen LogP contribution in [0.25, 0.3) is 28.2 Å². The summed E-state index contributed by atoms with van der Waals surface area (Å²) in [5.74, 6) is 0.129. The number of nitrogens with one attached hydrogen (secondary N) is 2. The molecule has 0 unspecified atom stereocenters. The topological polar surface area (TPSA) is 86.8 Å². The van der Waals surface area contributed by atoms with Crippen LogP contribution in [0.15, 0.2) is 53.3 Å². The maximum atomic E-state index is 13.6. The number of fused-ring (bicyclic) bond motifs is 1. The minimum atomic E-state index is -4.45. The van der Waals surface area contributed by atoms with Crippen LogP contribution in [0.1, 0.15) is 36.8 Å². The van der Waals surface area contributed by atoms with Gasteiger partial charge in [-0.3, -0.25) is 14.7 Å². The molecule has 3 heterocycles. The monoisotopic (exact) mass is 469 g/mol. The number of benzene rings is 2. The van der Waals surface area contributed by atoms with Gasteiger partial charge in [0.15, 0.2) is 0 Å². The molecule has 1 amide bonds. The van der Waals surface area contributed by atoms with Crippen molar-refractivity contribution in [3.05, 3.63) is 70.0 Å². The summed E-state index contributed by atoms with van der Waals surface area (Å²) in [4.78, 5) is 34.7. The Morgan fingerprint density at radius 2 is 1.74 bits per heavy atom. The molecule has 10 heteroatoms. The molecule has 0 radical (unpaired) electrons. The quantitative estimate of drug-likeness (QED) is 0.465. The average Bonchev–Trinajstić information content (AvgIpc) is 3.39. The number of alkyl halides is 3. The number of hydrogen-bond donors (Lipinski definition) is 2. The number of hydrogen-bond acceptors (Lipinski definition) is 3. The van der Waals surface area contributed by atoms with Gasteiger partial charge in [0.25, 0.3) is 5.56 Å². The van der Waals surface area contributed by atoms with Crippen molar-refractivity contribution in [3.63, 3.8) is 0 Å². The van der Waals surface area contributed by atoms with Gasteiger partial charge in [-0.2, -0.15) is 17.9 Å². The van der Waals surface area contributed by atoms with Gasteiger partial charge in [-0.1, -0.05) is 24.3 Å². The maximum Gasteiger partial charge on any atom is 0.416 e. The number of carbonyl (C=O) groups excluding carboxylic acids is 1. The van der Waals surface area contributed by atoms with E-state index in [1.165, 1.54) is 23.7 Å². The molecule has 5 rings (SSSR count). The molecular formula is C24H22F3N5O2. The Kier molecular flexibility index (Phi) is 5.30. The van der Waals surface area contributed by atoms with E-state index in [9.17, 15) is 22.8 Å². The summed E-state index contributed by atoms with van der Waals surface area (Å²) >= 11 is 0. The molecule has 34 heavy (non-hydrogen) atoms. The van der Waals surface area contributed by atoms with Crippen LogP contribution in [-0.4, -0.2) is 43.6 Å². The number of para-hydroxylation sites is 2. The number of piperidine rings is 1. The summed E-state index contributed by atoms with van der Waals surface area (Å²) in [6.45, 7) is 2.54. The smallest absolute Gasteiger partial charge is 0.343 e. The molecule has 1 saturated heterocycles. The van der Waals surface area contributed by atoms with E-state index >= 15 is 0 Å². The van der Waals surface area contributed by atoms with Crippen LogP contribution in [0.5, 0.6) is 0 Å². The molecule has 0 bridgehead atoms. The highest BCUT2D eigenvalue weighted by Crippen LogP contribution is 2.35. The number of halogens is 3. The van der Waals surface area contributed by atoms with E-state index in [0.717, 1.165) is 17.6 Å². The lowest BCUT2D eigenvalue weighted by atomic mass is 9.88. The molecule has 0 aliphatic carbocycles. The second kappa shape index (κ2) is 8.19. The highest BCUT2D eigenvalue weighted by Gasteiger charge is 2.32. The number of amides is 1. The van der Waals surface area contributed by atoms with Gasteiger partial charge in [0.2, 0.25) is 11.9 Å². The zero-order chi connectivity index (χ0) is 24.0. The Labute approximate surface area is 192 Å². The molecule has 7 nitrogen and oxygen atoms in total. The van der Waals surface area contributed by atoms with Crippen LogP contribution in [0.2, 0.25) is 0 Å². The predicted molar refractivity (Wildman–Crippen MR) is 121 cm³/mol. The molecular weight excluding hydrogens is 447 g/mol. The third kappa shape index (κ3) is 3.89. The normalized spacial score (nSPS) is 15.2. The fraction of sp³-hybridized carbons (Fsp3) is 0.292. The second-order valence-electron chi connectivity index (χ2n) is 8.47. The zero-order valence-corrected chi connectivity index (χ0v) is 18.3. The lowest BCUT2D eigenvalue weighted by Gasteiger charge is -2.31. The zero-order valence-electron chi connectivity index (χ0n) is 18.3. The molecule has 1 aliphatic rings. The fourth-order valence-corrected chi connectivity index (χ4v) is 4.55. The summed E-state index contributed by atoms with van der Waals surface area (Å²) in [7, 11) is 0. The van der Waals surface area contributed by atoms with Gasteiger partial charge in [0.05, 0.1) is 22.3 Å². The van der Waals surface area contributed by atoms with Crippen LogP contribution in [0.3, 0.4) is 0 Å². The first-order valence-electron chi connectivity index (χ1n) is 11.0. The van der Waals surface area contributed by atoms with Gasteiger partial charge in [0.1, 0.15) is 0 Å². The number of rotatable bonds is 3. The minimum Gasteiger partial charge on any atom is -0.343 e. The third-order valence-electron chi connectivity index (χ3n) is 6.36. The van der Waals surface area contributed by atoms with Crippen molar-refractivity contribution >= 4 is 16.9 Å². The van der Waals surface area contributed by atoms with E-state index in [1.54, 1.807) is 4.90 Å². The van der Waals surface area contributed by atoms with Crippen molar-refractivity contribution in [2.75, 3.05) is 13.1 Å². The number of aromatic nitrogens is 4. The fourth-order valence-electron chi connectivity index (χ4n) is 4.55. The first kappa shape index (κ1) is 22.0. The van der Waals surface area contributed by atoms with Crippen LogP contribution < -0.4 is 5.56 Å². The molecule has 1 fully saturated rings. The van der Waals surface area contributed by atoms with Crippen LogP contribution in [0, 0.1) is 0 Å². The number of carbonyl (C=O) groups is 1. The Hall–Kier alpha value is -3.82. The van der Waals surface area contributed by atoms with E-state index in [2.05, 4.69) is 15.1 Å². The summed E-state index contributed by atoms with van der Waals surface area (Å²) < 4.78 is 40.5. The number of nitrogens with zero attached hydrogens (tertiary/aromatic N) is 3. The van der Waals surface area contributed by atoms with E-state index in [-0.39, 0.29) is 17.4 Å². The summed E-state index contributed by atoms with van der Waals surface area (Å²) in [5, 5.41) is 3.08. The van der Waals surface area contributed by atoms with Gasteiger partial charge < -0.3 is 9.88 Å². The highest BCUT2D eigenvalue weighted by molar-refractivity contribution is 5.76. The van der Waals surface area contributed by atoms with E-state index < -0.39 is 11.7 Å². The van der Waals surface area contributed by atoms with Gasteiger partial charge in [-0.05, 0) is 48.6 Å². The number of aromatic amines is 2. The van der Waals surface area contributed by atoms with Gasteiger partial charge in [0, 0.05) is 25.6 Å². The van der Waals surface area contributed by atoms with Crippen molar-refractivity contribution in [3.8, 4) is 17.2 Å². The Balaban J connectivity index is 1.61. The van der Waals surface area contributed by atoms with Crippen LogP contribution in [0.4, 0.5) is 13.2 Å². The molecule has 2 aromatic heterocycles. The highest BCUT2D eigenvalue weighted by atomic mass is 19.4. The molecule has 176 valence electrons. The lowest BCUT2D eigenvalue weighted by molar-refractivity contribution is -0.137. The summed E-state index contributed by atoms with van der Waals surface area (Å²) in [6, 6.07) is 12.1. The van der Waals surface area contributed by atoms with Gasteiger partial charge >= 0.3 is 6.18 Å². The van der Waals surface area contributed by atoms with Crippen LogP contribution in [-0.2, 0) is 11.0 Å². The number of H-pyrrole nitrogens is 2. The molecule has 4 aromatic rings. The van der Waals surface area contributed by atoms with Crippen molar-refractivity contribution in [1.82, 2.24) is 24.6 Å². The molecule has 0 saturated carbocycles. The Morgan fingerprint density at radius 3 is 2.35 bits per heavy atom. The van der Waals surface area contributed by atoms with Crippen molar-refractivity contribution < 1.29 is 18.0 Å². The van der Waals surface area contributed by atoms with Crippen molar-refractivity contribution in [1.29, 1.82) is 0 Å². The van der Waals surface area contributed by atoms with E-state index in [1.807, 2.05) is 24.3 Å². The minimum absolute atomic E-state index is 0.0184. The standard InChI is InChI=1S/C24H22F3N5O2/c1-14(33)31-12-10-15(11-13-31)20-21(16-6-8-17(9-7-16)24(25,26)27)30-32(22(20)34)23-28-18-4-2-3-5-19(18)29-23/h2-9,15,30H,10-13H2,1H3,(H,28,29). The number of likely N-dealkylation sites (tertiary alicyclic amines) is 1.